The molecule has 2 rings (SSSR count). The minimum atomic E-state index is -3.30. The fourth-order valence-electron chi connectivity index (χ4n) is 2.90. The van der Waals surface area contributed by atoms with E-state index >= 15 is 0 Å². The highest BCUT2D eigenvalue weighted by Gasteiger charge is 2.30. The van der Waals surface area contributed by atoms with Gasteiger partial charge in [-0.15, -0.1) is 0 Å². The molecule has 5 heteroatoms. The number of rotatable bonds is 4. The van der Waals surface area contributed by atoms with Crippen LogP contribution in [-0.2, 0) is 22.1 Å². The highest BCUT2D eigenvalue weighted by Crippen LogP contribution is 2.30. The van der Waals surface area contributed by atoms with Gasteiger partial charge in [0.05, 0.1) is 11.0 Å². The van der Waals surface area contributed by atoms with Crippen molar-refractivity contribution in [1.29, 1.82) is 0 Å². The van der Waals surface area contributed by atoms with Crippen molar-refractivity contribution >= 4 is 9.84 Å². The highest BCUT2D eigenvalue weighted by atomic mass is 32.2. The van der Waals surface area contributed by atoms with Gasteiger partial charge in [0.2, 0.25) is 0 Å². The molecule has 0 radical (unpaired) electrons. The zero-order valence-corrected chi connectivity index (χ0v) is 12.6. The quantitative estimate of drug-likeness (QED) is 0.930. The van der Waals surface area contributed by atoms with Gasteiger partial charge in [0, 0.05) is 12.1 Å². The second kappa shape index (κ2) is 6.22. The summed E-state index contributed by atoms with van der Waals surface area (Å²) >= 11 is 0. The molecule has 3 nitrogen and oxygen atoms in total. The normalized spacial score (nSPS) is 23.8. The molecule has 2 atom stereocenters. The Balaban J connectivity index is 2.19. The third kappa shape index (κ3) is 3.58. The van der Waals surface area contributed by atoms with E-state index in [0.29, 0.717) is 18.8 Å². The molecular weight excluding hydrogens is 277 g/mol. The van der Waals surface area contributed by atoms with Crippen molar-refractivity contribution in [1.82, 2.24) is 0 Å². The van der Waals surface area contributed by atoms with Crippen molar-refractivity contribution in [2.24, 2.45) is 11.7 Å². The van der Waals surface area contributed by atoms with Gasteiger partial charge in [-0.05, 0) is 30.4 Å². The summed E-state index contributed by atoms with van der Waals surface area (Å²) in [5, 5.41) is -0.327. The van der Waals surface area contributed by atoms with Crippen LogP contribution in [0.3, 0.4) is 0 Å². The topological polar surface area (TPSA) is 60.2 Å². The van der Waals surface area contributed by atoms with Crippen LogP contribution in [0.4, 0.5) is 4.39 Å². The summed E-state index contributed by atoms with van der Waals surface area (Å²) < 4.78 is 38.7. The summed E-state index contributed by atoms with van der Waals surface area (Å²) in [4.78, 5) is 0. The summed E-state index contributed by atoms with van der Waals surface area (Å²) in [6, 6.07) is 4.46. The Morgan fingerprint density at radius 2 is 2.10 bits per heavy atom. The molecule has 2 N–H and O–H groups in total. The van der Waals surface area contributed by atoms with Gasteiger partial charge in [-0.1, -0.05) is 31.9 Å². The molecule has 20 heavy (non-hydrogen) atoms. The van der Waals surface area contributed by atoms with Gasteiger partial charge in [0.1, 0.15) is 5.82 Å². The molecule has 0 bridgehead atoms. The van der Waals surface area contributed by atoms with Gasteiger partial charge in [-0.2, -0.15) is 0 Å². The minimum Gasteiger partial charge on any atom is -0.326 e. The summed E-state index contributed by atoms with van der Waals surface area (Å²) in [7, 11) is -3.30. The summed E-state index contributed by atoms with van der Waals surface area (Å²) in [5.41, 5.74) is 6.52. The molecule has 1 fully saturated rings. The Bertz CT molecular complexity index is 571. The molecule has 1 aromatic carbocycles. The largest absolute Gasteiger partial charge is 0.326 e. The van der Waals surface area contributed by atoms with Gasteiger partial charge in [0.25, 0.3) is 0 Å². The SMILES string of the molecule is CC1CCCC(S(=O)(=O)Cc2cc(CN)ccc2F)C1. The average Bonchev–Trinajstić information content (AvgIpc) is 2.41. The van der Waals surface area contributed by atoms with Crippen LogP contribution in [0.2, 0.25) is 0 Å². The van der Waals surface area contributed by atoms with Crippen LogP contribution >= 0.6 is 0 Å². The van der Waals surface area contributed by atoms with E-state index in [1.54, 1.807) is 12.1 Å². The second-order valence-electron chi connectivity index (χ2n) is 5.83. The molecule has 112 valence electrons. The predicted octanol–water partition coefficient (Wildman–Crippen LogP) is 2.78. The first kappa shape index (κ1) is 15.4. The third-order valence-corrected chi connectivity index (χ3v) is 6.26. The van der Waals surface area contributed by atoms with E-state index in [0.717, 1.165) is 18.4 Å². The Morgan fingerprint density at radius 3 is 2.75 bits per heavy atom. The van der Waals surface area contributed by atoms with E-state index in [-0.39, 0.29) is 23.1 Å². The van der Waals surface area contributed by atoms with Crippen molar-refractivity contribution in [3.8, 4) is 0 Å². The first-order valence-electron chi connectivity index (χ1n) is 7.11. The molecule has 1 saturated carbocycles. The molecule has 0 aromatic heterocycles. The molecule has 0 saturated heterocycles. The van der Waals surface area contributed by atoms with E-state index in [1.807, 2.05) is 0 Å². The number of hydrogen-bond acceptors (Lipinski definition) is 3. The molecule has 1 aliphatic carbocycles. The molecule has 1 aromatic rings. The van der Waals surface area contributed by atoms with E-state index in [1.165, 1.54) is 6.07 Å². The minimum absolute atomic E-state index is 0.218. The van der Waals surface area contributed by atoms with Crippen LogP contribution in [0.25, 0.3) is 0 Å². The van der Waals surface area contributed by atoms with Gasteiger partial charge in [0.15, 0.2) is 9.84 Å². The maximum atomic E-state index is 13.8. The van der Waals surface area contributed by atoms with Crippen LogP contribution in [0.5, 0.6) is 0 Å². The van der Waals surface area contributed by atoms with Crippen molar-refractivity contribution in [3.05, 3.63) is 35.1 Å². The van der Waals surface area contributed by atoms with E-state index in [9.17, 15) is 12.8 Å². The standard InChI is InChI=1S/C15H22FNO2S/c1-11-3-2-4-14(7-11)20(18,19)10-13-8-12(9-17)5-6-15(13)16/h5-6,8,11,14H,2-4,7,9-10,17H2,1H3. The first-order valence-corrected chi connectivity index (χ1v) is 8.83. The van der Waals surface area contributed by atoms with Gasteiger partial charge < -0.3 is 5.73 Å². The van der Waals surface area contributed by atoms with Crippen molar-refractivity contribution in [2.45, 2.75) is 50.2 Å². The predicted molar refractivity (Wildman–Crippen MR) is 78.3 cm³/mol. The Kier molecular flexibility index (Phi) is 4.81. The Hall–Kier alpha value is -0.940. The summed E-state index contributed by atoms with van der Waals surface area (Å²) in [5.74, 6) is -0.247. The highest BCUT2D eigenvalue weighted by molar-refractivity contribution is 7.91. The first-order chi connectivity index (χ1) is 9.42. The van der Waals surface area contributed by atoms with Crippen LogP contribution in [-0.4, -0.2) is 13.7 Å². The molecular formula is C15H22FNO2S. The zero-order valence-electron chi connectivity index (χ0n) is 11.8. The number of nitrogens with two attached hydrogens (primary N) is 1. The van der Waals surface area contributed by atoms with Crippen molar-refractivity contribution in [3.63, 3.8) is 0 Å². The third-order valence-electron chi connectivity index (χ3n) is 4.10. The summed E-state index contributed by atoms with van der Waals surface area (Å²) in [6.07, 6.45) is 3.42. The molecule has 0 amide bonds. The monoisotopic (exact) mass is 299 g/mol. The fraction of sp³-hybridized carbons (Fsp3) is 0.600. The van der Waals surface area contributed by atoms with E-state index in [4.69, 9.17) is 5.73 Å². The van der Waals surface area contributed by atoms with Crippen molar-refractivity contribution < 1.29 is 12.8 Å². The molecule has 0 heterocycles. The van der Waals surface area contributed by atoms with Gasteiger partial charge >= 0.3 is 0 Å². The van der Waals surface area contributed by atoms with E-state index < -0.39 is 15.7 Å². The zero-order chi connectivity index (χ0) is 14.8. The number of sulfone groups is 1. The maximum absolute atomic E-state index is 13.8. The second-order valence-corrected chi connectivity index (χ2v) is 8.11. The van der Waals surface area contributed by atoms with Gasteiger partial charge in [-0.25, -0.2) is 12.8 Å². The smallest absolute Gasteiger partial charge is 0.157 e. The van der Waals surface area contributed by atoms with Crippen LogP contribution < -0.4 is 5.73 Å². The van der Waals surface area contributed by atoms with Crippen LogP contribution in [0, 0.1) is 11.7 Å². The molecule has 0 aliphatic heterocycles. The Labute approximate surface area is 120 Å². The molecule has 2 unspecified atom stereocenters. The lowest BCUT2D eigenvalue weighted by atomic mass is 9.91. The lowest BCUT2D eigenvalue weighted by molar-refractivity contribution is 0.381. The Morgan fingerprint density at radius 1 is 1.35 bits per heavy atom. The molecule has 0 spiro atoms. The average molecular weight is 299 g/mol. The number of benzene rings is 1. The number of hydrogen-bond donors (Lipinski definition) is 1. The summed E-state index contributed by atoms with van der Waals surface area (Å²) in [6.45, 7) is 2.37. The van der Waals surface area contributed by atoms with Crippen LogP contribution in [0.15, 0.2) is 18.2 Å². The molecule has 1 aliphatic rings. The van der Waals surface area contributed by atoms with Crippen LogP contribution in [0.1, 0.15) is 43.7 Å². The van der Waals surface area contributed by atoms with Gasteiger partial charge in [-0.3, -0.25) is 0 Å². The lowest BCUT2D eigenvalue weighted by Gasteiger charge is -2.26. The van der Waals surface area contributed by atoms with E-state index in [2.05, 4.69) is 6.92 Å². The van der Waals surface area contributed by atoms with Crippen molar-refractivity contribution in [2.75, 3.05) is 0 Å². The lowest BCUT2D eigenvalue weighted by Crippen LogP contribution is -2.28. The maximum Gasteiger partial charge on any atom is 0.157 e. The number of halogens is 1. The fourth-order valence-corrected chi connectivity index (χ4v) is 4.94.